The number of nitrogens with two attached hydrogens (primary N) is 1. The summed E-state index contributed by atoms with van der Waals surface area (Å²) in [6, 6.07) is 5.84. The summed E-state index contributed by atoms with van der Waals surface area (Å²) >= 11 is 6.82. The Morgan fingerprint density at radius 2 is 1.62 bits per heavy atom. The summed E-state index contributed by atoms with van der Waals surface area (Å²) < 4.78 is 0. The lowest BCUT2D eigenvalue weighted by molar-refractivity contribution is -0.118. The van der Waals surface area contributed by atoms with Crippen LogP contribution in [-0.4, -0.2) is 18.4 Å². The highest BCUT2D eigenvalue weighted by molar-refractivity contribution is 9.08. The van der Waals surface area contributed by atoms with Crippen LogP contribution in [0, 0.1) is 0 Å². The van der Waals surface area contributed by atoms with Gasteiger partial charge in [-0.1, -0.05) is 44.3 Å². The Labute approximate surface area is 142 Å². The first-order valence-corrected chi connectivity index (χ1v) is 9.12. The highest BCUT2D eigenvalue weighted by atomic mass is 79.9. The smallest absolute Gasteiger partial charge is 0.251 e. The van der Waals surface area contributed by atoms with Crippen molar-refractivity contribution in [2.24, 2.45) is 5.73 Å². The number of amides is 2. The third-order valence-corrected chi connectivity index (χ3v) is 4.30. The number of alkyl halides is 2. The maximum Gasteiger partial charge on any atom is 0.251 e. The number of hydrogen-bond donors (Lipinski definition) is 2. The second-order valence-electron chi connectivity index (χ2n) is 4.84. The maximum atomic E-state index is 12.1. The van der Waals surface area contributed by atoms with Gasteiger partial charge in [0, 0.05) is 29.2 Å². The lowest BCUT2D eigenvalue weighted by atomic mass is 10.1. The summed E-state index contributed by atoms with van der Waals surface area (Å²) in [6.45, 7) is 0.611. The van der Waals surface area contributed by atoms with Crippen LogP contribution < -0.4 is 11.1 Å². The molecule has 0 spiro atoms. The quantitative estimate of drug-likeness (QED) is 0.476. The molecule has 1 rings (SSSR count). The predicted octanol–water partition coefficient (Wildman–Crippen LogP) is 3.25. The van der Waals surface area contributed by atoms with Crippen LogP contribution >= 0.6 is 31.9 Å². The molecule has 0 aliphatic heterocycles. The molecular weight excluding hydrogens is 400 g/mol. The molecule has 0 atom stereocenters. The summed E-state index contributed by atoms with van der Waals surface area (Å²) in [7, 11) is 0. The molecule has 116 valence electrons. The van der Waals surface area contributed by atoms with Gasteiger partial charge in [-0.2, -0.15) is 0 Å². The summed E-state index contributed by atoms with van der Waals surface area (Å²) in [5, 5.41) is 4.35. The van der Waals surface area contributed by atoms with Crippen LogP contribution in [0.25, 0.3) is 0 Å². The van der Waals surface area contributed by atoms with Crippen LogP contribution in [-0.2, 0) is 15.5 Å². The minimum atomic E-state index is -0.270. The number of carbonyl (C=O) groups is 2. The number of primary amides is 1. The number of rotatable bonds is 9. The highest BCUT2D eigenvalue weighted by Crippen LogP contribution is 2.15. The van der Waals surface area contributed by atoms with Crippen molar-refractivity contribution >= 4 is 43.7 Å². The third-order valence-electron chi connectivity index (χ3n) is 3.01. The molecule has 0 aliphatic carbocycles. The molecular formula is C15H20Br2N2O2. The van der Waals surface area contributed by atoms with Gasteiger partial charge >= 0.3 is 0 Å². The molecule has 0 aromatic heterocycles. The van der Waals surface area contributed by atoms with Gasteiger partial charge < -0.3 is 11.1 Å². The molecule has 0 aliphatic rings. The van der Waals surface area contributed by atoms with E-state index in [0.717, 1.165) is 41.0 Å². The lowest BCUT2D eigenvalue weighted by Gasteiger charge is -2.08. The number of hydrogen-bond acceptors (Lipinski definition) is 2. The lowest BCUT2D eigenvalue weighted by Crippen LogP contribution is -2.24. The Morgan fingerprint density at radius 1 is 1.00 bits per heavy atom. The topological polar surface area (TPSA) is 72.2 Å². The van der Waals surface area contributed by atoms with Gasteiger partial charge in [-0.25, -0.2) is 0 Å². The summed E-state index contributed by atoms with van der Waals surface area (Å²) in [5.74, 6) is -0.331. The Balaban J connectivity index is 2.43. The van der Waals surface area contributed by atoms with Gasteiger partial charge in [-0.05, 0) is 36.1 Å². The van der Waals surface area contributed by atoms with Crippen molar-refractivity contribution in [3.05, 3.63) is 34.9 Å². The van der Waals surface area contributed by atoms with Crippen LogP contribution in [0.1, 0.15) is 47.2 Å². The number of carbonyl (C=O) groups excluding carboxylic acids is 2. The molecule has 0 bridgehead atoms. The highest BCUT2D eigenvalue weighted by Gasteiger charge is 2.08. The Kier molecular flexibility index (Phi) is 8.61. The fraction of sp³-hybridized carbons (Fsp3) is 0.467. The van der Waals surface area contributed by atoms with Gasteiger partial charge in [0.15, 0.2) is 0 Å². The molecule has 0 fully saturated rings. The zero-order valence-electron chi connectivity index (χ0n) is 11.8. The van der Waals surface area contributed by atoms with E-state index in [2.05, 4.69) is 43.2 Å². The predicted molar refractivity (Wildman–Crippen MR) is 91.7 cm³/mol. The van der Waals surface area contributed by atoms with Gasteiger partial charge in [-0.15, -0.1) is 0 Å². The van der Waals surface area contributed by atoms with Crippen molar-refractivity contribution in [2.75, 3.05) is 6.54 Å². The number of halogens is 2. The van der Waals surface area contributed by atoms with Crippen LogP contribution in [0.2, 0.25) is 0 Å². The molecule has 1 aromatic carbocycles. The number of unbranched alkanes of at least 4 members (excludes halogenated alkanes) is 2. The Morgan fingerprint density at radius 3 is 2.14 bits per heavy atom. The second kappa shape index (κ2) is 9.95. The van der Waals surface area contributed by atoms with Crippen molar-refractivity contribution in [3.8, 4) is 0 Å². The first-order valence-electron chi connectivity index (χ1n) is 6.88. The maximum absolute atomic E-state index is 12.1. The molecule has 2 amide bonds. The van der Waals surface area contributed by atoms with Crippen molar-refractivity contribution in [3.63, 3.8) is 0 Å². The normalized spacial score (nSPS) is 10.4. The molecule has 0 saturated carbocycles. The van der Waals surface area contributed by atoms with Crippen molar-refractivity contribution < 1.29 is 9.59 Å². The largest absolute Gasteiger partial charge is 0.370 e. The van der Waals surface area contributed by atoms with E-state index in [9.17, 15) is 9.59 Å². The van der Waals surface area contributed by atoms with E-state index >= 15 is 0 Å². The molecule has 0 unspecified atom stereocenters. The van der Waals surface area contributed by atoms with E-state index in [0.29, 0.717) is 18.5 Å². The monoisotopic (exact) mass is 418 g/mol. The average Bonchev–Trinajstić information content (AvgIpc) is 2.49. The van der Waals surface area contributed by atoms with Crippen molar-refractivity contribution in [2.45, 2.75) is 36.3 Å². The standard InChI is InChI=1S/C15H20Br2N2O2/c16-9-11-6-12(10-17)8-13(7-11)15(21)19-5-3-1-2-4-14(18)20/h6-8H,1-5,9-10H2,(H2,18,20)(H,19,21). The summed E-state index contributed by atoms with van der Waals surface area (Å²) in [4.78, 5) is 22.7. The van der Waals surface area contributed by atoms with Gasteiger partial charge in [0.05, 0.1) is 0 Å². The first-order chi connectivity index (χ1) is 10.1. The van der Waals surface area contributed by atoms with Crippen LogP contribution in [0.3, 0.4) is 0 Å². The van der Waals surface area contributed by atoms with E-state index in [1.54, 1.807) is 0 Å². The SMILES string of the molecule is NC(=O)CCCCCNC(=O)c1cc(CBr)cc(CBr)c1. The van der Waals surface area contributed by atoms with E-state index in [-0.39, 0.29) is 11.8 Å². The molecule has 0 saturated heterocycles. The van der Waals surface area contributed by atoms with Gasteiger partial charge in [0.1, 0.15) is 0 Å². The zero-order chi connectivity index (χ0) is 15.7. The average molecular weight is 420 g/mol. The Hall–Kier alpha value is -0.880. The summed E-state index contributed by atoms with van der Waals surface area (Å²) in [5.41, 5.74) is 7.91. The molecule has 21 heavy (non-hydrogen) atoms. The fourth-order valence-electron chi connectivity index (χ4n) is 1.95. The molecule has 4 nitrogen and oxygen atoms in total. The molecule has 0 heterocycles. The minimum absolute atomic E-state index is 0.0603. The van der Waals surface area contributed by atoms with E-state index < -0.39 is 0 Å². The zero-order valence-corrected chi connectivity index (χ0v) is 15.0. The van der Waals surface area contributed by atoms with Crippen LogP contribution in [0.5, 0.6) is 0 Å². The van der Waals surface area contributed by atoms with Gasteiger partial charge in [-0.3, -0.25) is 9.59 Å². The van der Waals surface area contributed by atoms with Gasteiger partial charge in [0.2, 0.25) is 5.91 Å². The van der Waals surface area contributed by atoms with E-state index in [1.165, 1.54) is 0 Å². The molecule has 6 heteroatoms. The number of benzene rings is 1. The second-order valence-corrected chi connectivity index (χ2v) is 5.96. The van der Waals surface area contributed by atoms with E-state index in [4.69, 9.17) is 5.73 Å². The van der Waals surface area contributed by atoms with E-state index in [1.807, 2.05) is 12.1 Å². The Bertz CT molecular complexity index is 470. The third kappa shape index (κ3) is 7.09. The molecule has 1 aromatic rings. The van der Waals surface area contributed by atoms with Gasteiger partial charge in [0.25, 0.3) is 5.91 Å². The van der Waals surface area contributed by atoms with Crippen molar-refractivity contribution in [1.29, 1.82) is 0 Å². The number of nitrogens with one attached hydrogen (secondary N) is 1. The summed E-state index contributed by atoms with van der Waals surface area (Å²) in [6.07, 6.45) is 2.92. The fourth-order valence-corrected chi connectivity index (χ4v) is 2.60. The van der Waals surface area contributed by atoms with Crippen LogP contribution in [0.4, 0.5) is 0 Å². The first kappa shape index (κ1) is 18.2. The minimum Gasteiger partial charge on any atom is -0.370 e. The van der Waals surface area contributed by atoms with Crippen molar-refractivity contribution in [1.82, 2.24) is 5.32 Å². The molecule has 3 N–H and O–H groups in total. The molecule has 0 radical (unpaired) electrons. The van der Waals surface area contributed by atoms with Crippen LogP contribution in [0.15, 0.2) is 18.2 Å².